The van der Waals surface area contributed by atoms with Crippen LogP contribution in [0.15, 0.2) is 54.6 Å². The van der Waals surface area contributed by atoms with Gasteiger partial charge in [0.1, 0.15) is 23.1 Å². The lowest BCUT2D eigenvalue weighted by atomic mass is 10.1. The third-order valence-electron chi connectivity index (χ3n) is 3.19. The van der Waals surface area contributed by atoms with Gasteiger partial charge in [-0.1, -0.05) is 12.1 Å². The van der Waals surface area contributed by atoms with Crippen molar-refractivity contribution in [3.8, 4) is 22.7 Å². The maximum atomic E-state index is 13.0. The molecule has 4 nitrogen and oxygen atoms in total. The van der Waals surface area contributed by atoms with Crippen molar-refractivity contribution in [2.24, 2.45) is 0 Å². The number of para-hydroxylation sites is 2. The maximum absolute atomic E-state index is 13.0. The van der Waals surface area contributed by atoms with Crippen LogP contribution < -0.4 is 10.5 Å². The summed E-state index contributed by atoms with van der Waals surface area (Å²) in [4.78, 5) is 0. The monoisotopic (exact) mass is 283 g/mol. The van der Waals surface area contributed by atoms with Gasteiger partial charge in [0.2, 0.25) is 0 Å². The number of halogens is 1. The fourth-order valence-corrected chi connectivity index (χ4v) is 2.15. The molecule has 3 rings (SSSR count). The Hall–Kier alpha value is -2.82. The van der Waals surface area contributed by atoms with E-state index in [-0.39, 0.29) is 5.82 Å². The molecule has 0 radical (unpaired) electrons. The molecule has 0 bridgehead atoms. The van der Waals surface area contributed by atoms with Crippen molar-refractivity contribution in [3.05, 3.63) is 60.4 Å². The van der Waals surface area contributed by atoms with Gasteiger partial charge >= 0.3 is 0 Å². The van der Waals surface area contributed by atoms with Crippen molar-refractivity contribution < 1.29 is 9.13 Å². The van der Waals surface area contributed by atoms with Gasteiger partial charge in [0.25, 0.3) is 0 Å². The highest BCUT2D eigenvalue weighted by Crippen LogP contribution is 2.27. The number of nitrogen functional groups attached to an aromatic ring is 1. The van der Waals surface area contributed by atoms with E-state index in [1.165, 1.54) is 12.1 Å². The summed E-state index contributed by atoms with van der Waals surface area (Å²) in [6, 6.07) is 15.4. The molecule has 2 aromatic carbocycles. The van der Waals surface area contributed by atoms with Crippen molar-refractivity contribution in [2.45, 2.75) is 0 Å². The zero-order valence-electron chi connectivity index (χ0n) is 11.5. The van der Waals surface area contributed by atoms with E-state index in [1.54, 1.807) is 30.0 Å². The molecule has 1 heterocycles. The van der Waals surface area contributed by atoms with E-state index in [0.29, 0.717) is 17.3 Å². The van der Waals surface area contributed by atoms with Gasteiger partial charge in [-0.15, -0.1) is 0 Å². The molecule has 106 valence electrons. The average Bonchev–Trinajstić information content (AvgIpc) is 2.89. The first-order valence-electron chi connectivity index (χ1n) is 6.44. The largest absolute Gasteiger partial charge is 0.494 e. The second-order valence-electron chi connectivity index (χ2n) is 4.54. The summed E-state index contributed by atoms with van der Waals surface area (Å²) in [5, 5.41) is 4.48. The van der Waals surface area contributed by atoms with Gasteiger partial charge in [-0.25, -0.2) is 9.07 Å². The van der Waals surface area contributed by atoms with Crippen molar-refractivity contribution in [3.63, 3.8) is 0 Å². The zero-order valence-corrected chi connectivity index (χ0v) is 11.5. The molecular weight excluding hydrogens is 269 g/mol. The van der Waals surface area contributed by atoms with E-state index in [1.807, 2.05) is 24.3 Å². The first-order chi connectivity index (χ1) is 10.2. The molecule has 5 heteroatoms. The number of benzene rings is 2. The highest BCUT2D eigenvalue weighted by atomic mass is 19.1. The second-order valence-corrected chi connectivity index (χ2v) is 4.54. The van der Waals surface area contributed by atoms with E-state index in [9.17, 15) is 4.39 Å². The second kappa shape index (κ2) is 5.28. The Kier molecular flexibility index (Phi) is 3.31. The molecule has 0 unspecified atom stereocenters. The predicted octanol–water partition coefficient (Wildman–Crippen LogP) is 3.27. The minimum atomic E-state index is -0.282. The van der Waals surface area contributed by atoms with Crippen molar-refractivity contribution in [1.82, 2.24) is 9.78 Å². The van der Waals surface area contributed by atoms with Gasteiger partial charge in [-0.3, -0.25) is 0 Å². The Morgan fingerprint density at radius 1 is 1.10 bits per heavy atom. The third-order valence-corrected chi connectivity index (χ3v) is 3.19. The average molecular weight is 283 g/mol. The van der Waals surface area contributed by atoms with Crippen LogP contribution >= 0.6 is 0 Å². The molecule has 0 amide bonds. The van der Waals surface area contributed by atoms with Gasteiger partial charge < -0.3 is 10.5 Å². The summed E-state index contributed by atoms with van der Waals surface area (Å²) in [5.41, 5.74) is 8.27. The van der Waals surface area contributed by atoms with E-state index in [4.69, 9.17) is 10.5 Å². The Bertz CT molecular complexity index is 765. The van der Waals surface area contributed by atoms with Crippen molar-refractivity contribution >= 4 is 5.82 Å². The van der Waals surface area contributed by atoms with Crippen LogP contribution in [-0.4, -0.2) is 16.9 Å². The summed E-state index contributed by atoms with van der Waals surface area (Å²) >= 11 is 0. The van der Waals surface area contributed by atoms with Gasteiger partial charge in [0.05, 0.1) is 12.8 Å². The number of aromatic nitrogens is 2. The van der Waals surface area contributed by atoms with E-state index in [0.717, 1.165) is 11.3 Å². The van der Waals surface area contributed by atoms with Crippen molar-refractivity contribution in [1.29, 1.82) is 0 Å². The SMILES string of the molecule is COc1ccccc1-n1nc(-c2ccc(F)cc2)cc1N. The van der Waals surface area contributed by atoms with Crippen LogP contribution in [-0.2, 0) is 0 Å². The summed E-state index contributed by atoms with van der Waals surface area (Å²) < 4.78 is 19.9. The van der Waals surface area contributed by atoms with Crippen LogP contribution in [0.3, 0.4) is 0 Å². The number of ether oxygens (including phenoxy) is 1. The molecule has 2 N–H and O–H groups in total. The quantitative estimate of drug-likeness (QED) is 0.802. The smallest absolute Gasteiger partial charge is 0.144 e. The standard InChI is InChI=1S/C16H14FN3O/c1-21-15-5-3-2-4-14(15)20-16(18)10-13(19-20)11-6-8-12(17)9-7-11/h2-10H,18H2,1H3. The van der Waals surface area contributed by atoms with Crippen LogP contribution in [0.4, 0.5) is 10.2 Å². The maximum Gasteiger partial charge on any atom is 0.144 e. The first kappa shape index (κ1) is 13.2. The number of methoxy groups -OCH3 is 1. The zero-order chi connectivity index (χ0) is 14.8. The molecule has 0 aliphatic carbocycles. The molecule has 1 aromatic heterocycles. The van der Waals surface area contributed by atoms with Crippen molar-refractivity contribution in [2.75, 3.05) is 12.8 Å². The Morgan fingerprint density at radius 2 is 1.81 bits per heavy atom. The molecule has 0 spiro atoms. The van der Waals surface area contributed by atoms with E-state index < -0.39 is 0 Å². The topological polar surface area (TPSA) is 53.1 Å². The highest BCUT2D eigenvalue weighted by molar-refractivity contribution is 5.64. The van der Waals surface area contributed by atoms with Gasteiger partial charge in [0, 0.05) is 11.6 Å². The number of anilines is 1. The van der Waals surface area contributed by atoms with Crippen LogP contribution in [0.5, 0.6) is 5.75 Å². The summed E-state index contributed by atoms with van der Waals surface area (Å²) in [7, 11) is 1.60. The summed E-state index contributed by atoms with van der Waals surface area (Å²) in [5.74, 6) is 0.882. The molecule has 3 aromatic rings. The van der Waals surface area contributed by atoms with Crippen LogP contribution in [0.25, 0.3) is 16.9 Å². The number of hydrogen-bond acceptors (Lipinski definition) is 3. The van der Waals surface area contributed by atoms with E-state index >= 15 is 0 Å². The van der Waals surface area contributed by atoms with E-state index in [2.05, 4.69) is 5.10 Å². The molecule has 0 atom stereocenters. The minimum absolute atomic E-state index is 0.282. The summed E-state index contributed by atoms with van der Waals surface area (Å²) in [6.07, 6.45) is 0. The number of rotatable bonds is 3. The van der Waals surface area contributed by atoms with Crippen LogP contribution in [0.1, 0.15) is 0 Å². The minimum Gasteiger partial charge on any atom is -0.494 e. The first-order valence-corrected chi connectivity index (χ1v) is 6.44. The lowest BCUT2D eigenvalue weighted by Gasteiger charge is -2.09. The predicted molar refractivity (Wildman–Crippen MR) is 79.9 cm³/mol. The number of nitrogens with two attached hydrogens (primary N) is 1. The van der Waals surface area contributed by atoms with Gasteiger partial charge in [-0.05, 0) is 36.4 Å². The fourth-order valence-electron chi connectivity index (χ4n) is 2.15. The molecule has 21 heavy (non-hydrogen) atoms. The van der Waals surface area contributed by atoms with Crippen LogP contribution in [0.2, 0.25) is 0 Å². The Balaban J connectivity index is 2.07. The van der Waals surface area contributed by atoms with Gasteiger partial charge in [0.15, 0.2) is 0 Å². The Labute approximate surface area is 121 Å². The third kappa shape index (κ3) is 2.45. The number of hydrogen-bond donors (Lipinski definition) is 1. The molecule has 0 aliphatic heterocycles. The normalized spacial score (nSPS) is 10.6. The highest BCUT2D eigenvalue weighted by Gasteiger charge is 2.12. The molecule has 0 aliphatic rings. The lowest BCUT2D eigenvalue weighted by molar-refractivity contribution is 0.412. The molecule has 0 saturated carbocycles. The van der Waals surface area contributed by atoms with Crippen LogP contribution in [0, 0.1) is 5.82 Å². The fraction of sp³-hybridized carbons (Fsp3) is 0.0625. The molecule has 0 saturated heterocycles. The van der Waals surface area contributed by atoms with Gasteiger partial charge in [-0.2, -0.15) is 5.10 Å². The molecular formula is C16H14FN3O. The Morgan fingerprint density at radius 3 is 2.52 bits per heavy atom. The summed E-state index contributed by atoms with van der Waals surface area (Å²) in [6.45, 7) is 0. The lowest BCUT2D eigenvalue weighted by Crippen LogP contribution is -2.03. The number of nitrogens with zero attached hydrogens (tertiary/aromatic N) is 2. The molecule has 0 fully saturated rings.